The Morgan fingerprint density at radius 3 is 2.39 bits per heavy atom. The minimum atomic E-state index is -1.38. The number of rotatable bonds is 6. The summed E-state index contributed by atoms with van der Waals surface area (Å²) in [6, 6.07) is 5.54. The van der Waals surface area contributed by atoms with E-state index < -0.39 is 11.6 Å². The number of amides is 1. The third kappa shape index (κ3) is 5.39. The van der Waals surface area contributed by atoms with Crippen molar-refractivity contribution in [2.24, 2.45) is 11.8 Å². The third-order valence-electron chi connectivity index (χ3n) is 9.51. The highest BCUT2D eigenvalue weighted by atomic mass is 32.1. The van der Waals surface area contributed by atoms with Crippen molar-refractivity contribution in [1.29, 1.82) is 0 Å². The molecule has 1 aromatic carbocycles. The summed E-state index contributed by atoms with van der Waals surface area (Å²) in [5.41, 5.74) is 4.15. The highest BCUT2D eigenvalue weighted by molar-refractivity contribution is 7.80. The van der Waals surface area contributed by atoms with E-state index in [2.05, 4.69) is 49.2 Å². The number of pyridine rings is 1. The molecular formula is C34H42N2O4S. The highest BCUT2D eigenvalue weighted by Crippen LogP contribution is 2.50. The lowest BCUT2D eigenvalue weighted by Gasteiger charge is -2.47. The van der Waals surface area contributed by atoms with Crippen molar-refractivity contribution < 1.29 is 19.8 Å². The number of carbonyl (C=O) groups excluding carboxylic acids is 2. The summed E-state index contributed by atoms with van der Waals surface area (Å²) in [6.07, 6.45) is 11.1. The minimum Gasteiger partial charge on any atom is -0.505 e. The number of carbonyl (C=O) groups is 2. The molecule has 1 aliphatic heterocycles. The van der Waals surface area contributed by atoms with E-state index in [1.807, 2.05) is 18.7 Å². The number of hydrogen-bond donors (Lipinski definition) is 3. The number of aromatic hydroxyl groups is 1. The van der Waals surface area contributed by atoms with Gasteiger partial charge in [-0.05, 0) is 84.6 Å². The van der Waals surface area contributed by atoms with Crippen molar-refractivity contribution in [3.05, 3.63) is 81.2 Å². The van der Waals surface area contributed by atoms with Gasteiger partial charge in [-0.15, -0.1) is 0 Å². The second kappa shape index (κ2) is 11.4. The van der Waals surface area contributed by atoms with Crippen LogP contribution in [-0.4, -0.2) is 49.6 Å². The molecule has 1 amide bonds. The lowest BCUT2D eigenvalue weighted by molar-refractivity contribution is -0.0726. The van der Waals surface area contributed by atoms with Crippen molar-refractivity contribution in [1.82, 2.24) is 9.88 Å². The van der Waals surface area contributed by atoms with Crippen LogP contribution in [0.25, 0.3) is 0 Å². The van der Waals surface area contributed by atoms with Crippen molar-refractivity contribution >= 4 is 24.8 Å². The summed E-state index contributed by atoms with van der Waals surface area (Å²) in [6.45, 7) is 9.82. The molecule has 2 aromatic rings. The molecule has 1 saturated carbocycles. The summed E-state index contributed by atoms with van der Waals surface area (Å²) < 4.78 is 0. The SMILES string of the molecule is CC1=CC(C(O)(c2cc(C)cc(C)c2)[C@@H]2CCC(C3CCC(S)C3)N2C(=O)c2cnc(C)c(O)c2C=O)CC(C)=C1. The number of aryl methyl sites for hydroxylation is 3. The lowest BCUT2D eigenvalue weighted by Crippen LogP contribution is -2.56. The molecule has 1 saturated heterocycles. The van der Waals surface area contributed by atoms with Crippen LogP contribution in [-0.2, 0) is 5.60 Å². The predicted octanol–water partition coefficient (Wildman–Crippen LogP) is 6.40. The van der Waals surface area contributed by atoms with Gasteiger partial charge in [0, 0.05) is 23.4 Å². The Kier molecular flexibility index (Phi) is 8.23. The summed E-state index contributed by atoms with van der Waals surface area (Å²) in [4.78, 5) is 32.9. The molecule has 2 heterocycles. The van der Waals surface area contributed by atoms with Crippen LogP contribution in [0.2, 0.25) is 0 Å². The van der Waals surface area contributed by atoms with Gasteiger partial charge in [0.2, 0.25) is 0 Å². The smallest absolute Gasteiger partial charge is 0.256 e. The highest BCUT2D eigenvalue weighted by Gasteiger charge is 2.55. The molecule has 0 radical (unpaired) electrons. The van der Waals surface area contributed by atoms with E-state index in [9.17, 15) is 19.8 Å². The van der Waals surface area contributed by atoms with Crippen molar-refractivity contribution in [3.63, 3.8) is 0 Å². The minimum absolute atomic E-state index is 0.0486. The Morgan fingerprint density at radius 1 is 1.07 bits per heavy atom. The number of allylic oxidation sites excluding steroid dienone is 3. The molecule has 3 aliphatic rings. The number of aliphatic hydroxyl groups is 1. The molecule has 2 fully saturated rings. The quantitative estimate of drug-likeness (QED) is 0.275. The van der Waals surface area contributed by atoms with Gasteiger partial charge in [-0.2, -0.15) is 12.6 Å². The van der Waals surface area contributed by atoms with Gasteiger partial charge in [0.25, 0.3) is 5.91 Å². The Hall–Kier alpha value is -2.90. The number of likely N-dealkylation sites (tertiary alicyclic amines) is 1. The Morgan fingerprint density at radius 2 is 1.78 bits per heavy atom. The maximum Gasteiger partial charge on any atom is 0.256 e. The summed E-state index contributed by atoms with van der Waals surface area (Å²) >= 11 is 4.76. The largest absolute Gasteiger partial charge is 0.505 e. The van der Waals surface area contributed by atoms with Crippen molar-refractivity contribution in [2.45, 2.75) is 96.1 Å². The van der Waals surface area contributed by atoms with E-state index >= 15 is 0 Å². The van der Waals surface area contributed by atoms with Crippen molar-refractivity contribution in [2.75, 3.05) is 0 Å². The maximum atomic E-state index is 14.6. The molecule has 5 unspecified atom stereocenters. The zero-order valence-corrected chi connectivity index (χ0v) is 25.6. The number of aldehydes is 1. The molecule has 6 nitrogen and oxygen atoms in total. The number of benzene rings is 1. The summed E-state index contributed by atoms with van der Waals surface area (Å²) in [5, 5.41) is 24.1. The second-order valence-electron chi connectivity index (χ2n) is 12.7. The predicted molar refractivity (Wildman–Crippen MR) is 165 cm³/mol. The van der Waals surface area contributed by atoms with E-state index in [1.54, 1.807) is 6.92 Å². The molecule has 5 rings (SSSR count). The molecule has 41 heavy (non-hydrogen) atoms. The number of thiol groups is 1. The van der Waals surface area contributed by atoms with Gasteiger partial charge in [0.1, 0.15) is 11.4 Å². The van der Waals surface area contributed by atoms with Crippen molar-refractivity contribution in [3.8, 4) is 5.75 Å². The summed E-state index contributed by atoms with van der Waals surface area (Å²) in [7, 11) is 0. The standard InChI is InChI=1S/C34H42N2O4S/c1-19-10-20(2)13-25(12-19)34(40,26-14-21(3)11-22(4)15-26)31-9-8-30(24-6-7-27(41)16-24)36(31)33(39)28-17-35-23(5)32(38)29(28)18-37/h10-14,17-18,24,26-27,30-31,38,40-41H,6-9,15-16H2,1-5H3/t24?,26?,27?,30?,31-,34?/m0/s1. The van der Waals surface area contributed by atoms with Crippen LogP contribution < -0.4 is 0 Å². The van der Waals surface area contributed by atoms with Crippen LogP contribution in [0.4, 0.5) is 0 Å². The third-order valence-corrected chi connectivity index (χ3v) is 9.98. The van der Waals surface area contributed by atoms with E-state index in [1.165, 1.54) is 11.8 Å². The normalized spacial score (nSPS) is 27.8. The topological polar surface area (TPSA) is 90.7 Å². The molecule has 1 aromatic heterocycles. The Labute approximate surface area is 249 Å². The summed E-state index contributed by atoms with van der Waals surface area (Å²) in [5.74, 6) is -0.641. The van der Waals surface area contributed by atoms with E-state index in [4.69, 9.17) is 12.6 Å². The van der Waals surface area contributed by atoms with Gasteiger partial charge in [-0.3, -0.25) is 14.6 Å². The monoisotopic (exact) mass is 574 g/mol. The maximum absolute atomic E-state index is 14.6. The Balaban J connectivity index is 1.70. The van der Waals surface area contributed by atoms with Gasteiger partial charge >= 0.3 is 0 Å². The fraction of sp³-hybridized carbons (Fsp3) is 0.500. The van der Waals surface area contributed by atoms with Gasteiger partial charge in [0.15, 0.2) is 6.29 Å². The van der Waals surface area contributed by atoms with Gasteiger partial charge < -0.3 is 15.1 Å². The molecule has 2 N–H and O–H groups in total. The molecule has 6 atom stereocenters. The molecule has 0 spiro atoms. The number of hydrogen-bond acceptors (Lipinski definition) is 6. The fourth-order valence-electron chi connectivity index (χ4n) is 7.77. The zero-order valence-electron chi connectivity index (χ0n) is 24.7. The number of aromatic nitrogens is 1. The molecular weight excluding hydrogens is 532 g/mol. The first-order valence-electron chi connectivity index (χ1n) is 14.7. The molecule has 218 valence electrons. The Bertz CT molecular complexity index is 1410. The van der Waals surface area contributed by atoms with Crippen LogP contribution in [0.15, 0.2) is 47.7 Å². The lowest BCUT2D eigenvalue weighted by atomic mass is 9.70. The van der Waals surface area contributed by atoms with Crippen LogP contribution in [0, 0.1) is 32.6 Å². The van der Waals surface area contributed by atoms with Gasteiger partial charge in [-0.1, -0.05) is 52.6 Å². The number of nitrogens with zero attached hydrogens (tertiary/aromatic N) is 2. The average Bonchev–Trinajstić information content (AvgIpc) is 3.54. The second-order valence-corrected chi connectivity index (χ2v) is 13.4. The van der Waals surface area contributed by atoms with E-state index in [0.717, 1.165) is 47.9 Å². The molecule has 0 bridgehead atoms. The van der Waals surface area contributed by atoms with E-state index in [0.29, 0.717) is 24.8 Å². The first-order chi connectivity index (χ1) is 19.4. The van der Waals surface area contributed by atoms with Crippen LogP contribution >= 0.6 is 12.6 Å². The first kappa shape index (κ1) is 29.6. The molecule has 7 heteroatoms. The van der Waals surface area contributed by atoms with Crippen LogP contribution in [0.1, 0.15) is 95.5 Å². The average molecular weight is 575 g/mol. The fourth-order valence-corrected chi connectivity index (χ4v) is 8.19. The zero-order chi connectivity index (χ0) is 29.6. The van der Waals surface area contributed by atoms with Crippen LogP contribution in [0.3, 0.4) is 0 Å². The first-order valence-corrected chi connectivity index (χ1v) is 15.3. The van der Waals surface area contributed by atoms with Crippen LogP contribution in [0.5, 0.6) is 5.75 Å². The van der Waals surface area contributed by atoms with E-state index in [-0.39, 0.29) is 45.9 Å². The molecule has 2 aliphatic carbocycles. The van der Waals surface area contributed by atoms with Gasteiger partial charge in [-0.25, -0.2) is 0 Å². The van der Waals surface area contributed by atoms with Gasteiger partial charge in [0.05, 0.1) is 22.9 Å².